The highest BCUT2D eigenvalue weighted by molar-refractivity contribution is 6.39. The molecule has 0 amide bonds. The minimum atomic E-state index is -0.540. The molecule has 1 aromatic carbocycles. The summed E-state index contributed by atoms with van der Waals surface area (Å²) in [6.45, 7) is 2.36. The zero-order chi connectivity index (χ0) is 14.0. The highest BCUT2D eigenvalue weighted by Gasteiger charge is 2.14. The molecule has 0 fully saturated rings. The molecule has 6 nitrogen and oxygen atoms in total. The number of aromatic amines is 1. The average Bonchev–Trinajstić information content (AvgIpc) is 2.73. The summed E-state index contributed by atoms with van der Waals surface area (Å²) in [5.41, 5.74) is 2.22. The van der Waals surface area contributed by atoms with E-state index in [0.29, 0.717) is 12.2 Å². The highest BCUT2D eigenvalue weighted by atomic mass is 35.5. The molecule has 2 aromatic rings. The maximum absolute atomic E-state index is 10.7. The van der Waals surface area contributed by atoms with Gasteiger partial charge in [0.1, 0.15) is 0 Å². The number of aryl methyl sites for hydroxylation is 1. The molecule has 0 aliphatic carbocycles. The number of nitrogens with zero attached hydrogens (tertiary/aromatic N) is 2. The van der Waals surface area contributed by atoms with E-state index in [1.807, 2.05) is 6.92 Å². The van der Waals surface area contributed by atoms with E-state index in [9.17, 15) is 10.1 Å². The van der Waals surface area contributed by atoms with Crippen LogP contribution in [-0.2, 0) is 6.54 Å². The summed E-state index contributed by atoms with van der Waals surface area (Å²) in [5.74, 6) is 0. The second-order valence-electron chi connectivity index (χ2n) is 3.92. The average molecular weight is 301 g/mol. The van der Waals surface area contributed by atoms with Gasteiger partial charge >= 0.3 is 0 Å². The van der Waals surface area contributed by atoms with Gasteiger partial charge in [0, 0.05) is 29.9 Å². The molecule has 0 radical (unpaired) electrons. The first-order chi connectivity index (χ1) is 8.99. The van der Waals surface area contributed by atoms with Crippen molar-refractivity contribution in [2.75, 3.05) is 5.32 Å². The number of anilines is 1. The summed E-state index contributed by atoms with van der Waals surface area (Å²) in [6.07, 6.45) is 1.69. The van der Waals surface area contributed by atoms with Gasteiger partial charge in [-0.15, -0.1) is 0 Å². The van der Waals surface area contributed by atoms with E-state index >= 15 is 0 Å². The van der Waals surface area contributed by atoms with Gasteiger partial charge in [0.25, 0.3) is 5.69 Å². The summed E-state index contributed by atoms with van der Waals surface area (Å²) in [7, 11) is 0. The summed E-state index contributed by atoms with van der Waals surface area (Å²) in [6, 6.07) is 2.52. The Balaban J connectivity index is 2.21. The highest BCUT2D eigenvalue weighted by Crippen LogP contribution is 2.34. The fourth-order valence-electron chi connectivity index (χ4n) is 1.57. The quantitative estimate of drug-likeness (QED) is 0.668. The number of aromatic nitrogens is 2. The first-order valence-electron chi connectivity index (χ1n) is 5.35. The number of nitro groups is 1. The van der Waals surface area contributed by atoms with Crippen LogP contribution in [0.4, 0.5) is 11.4 Å². The Morgan fingerprint density at radius 1 is 1.42 bits per heavy atom. The van der Waals surface area contributed by atoms with Crippen molar-refractivity contribution in [1.29, 1.82) is 0 Å². The molecule has 0 atom stereocenters. The van der Waals surface area contributed by atoms with Crippen LogP contribution in [0.1, 0.15) is 11.3 Å². The molecule has 19 heavy (non-hydrogen) atoms. The zero-order valence-electron chi connectivity index (χ0n) is 9.91. The normalized spacial score (nSPS) is 10.5. The van der Waals surface area contributed by atoms with Crippen molar-refractivity contribution in [3.63, 3.8) is 0 Å². The Morgan fingerprint density at radius 3 is 2.53 bits per heavy atom. The van der Waals surface area contributed by atoms with Gasteiger partial charge in [-0.2, -0.15) is 5.10 Å². The smallest absolute Gasteiger partial charge is 0.272 e. The number of H-pyrrole nitrogens is 1. The van der Waals surface area contributed by atoms with Gasteiger partial charge in [-0.3, -0.25) is 15.2 Å². The van der Waals surface area contributed by atoms with Gasteiger partial charge in [-0.1, -0.05) is 23.2 Å². The van der Waals surface area contributed by atoms with E-state index in [2.05, 4.69) is 15.5 Å². The molecule has 1 aromatic heterocycles. The molecule has 0 bridgehead atoms. The number of rotatable bonds is 4. The minimum Gasteiger partial charge on any atom is -0.378 e. The van der Waals surface area contributed by atoms with E-state index in [1.54, 1.807) is 6.20 Å². The summed E-state index contributed by atoms with van der Waals surface area (Å²) in [4.78, 5) is 10.1. The molecule has 0 aliphatic rings. The van der Waals surface area contributed by atoms with Crippen molar-refractivity contribution in [1.82, 2.24) is 10.2 Å². The lowest BCUT2D eigenvalue weighted by Crippen LogP contribution is -2.02. The fourth-order valence-corrected chi connectivity index (χ4v) is 2.18. The molecule has 2 rings (SSSR count). The molecular weight excluding hydrogens is 291 g/mol. The monoisotopic (exact) mass is 300 g/mol. The Kier molecular flexibility index (Phi) is 3.92. The van der Waals surface area contributed by atoms with Gasteiger partial charge in [0.2, 0.25) is 0 Å². The number of halogens is 2. The van der Waals surface area contributed by atoms with Crippen LogP contribution in [0.2, 0.25) is 10.0 Å². The third-order valence-electron chi connectivity index (χ3n) is 2.63. The van der Waals surface area contributed by atoms with Crippen LogP contribution < -0.4 is 5.32 Å². The molecule has 1 heterocycles. The topological polar surface area (TPSA) is 83.8 Å². The lowest BCUT2D eigenvalue weighted by molar-refractivity contribution is -0.384. The van der Waals surface area contributed by atoms with Crippen molar-refractivity contribution in [3.05, 3.63) is 49.7 Å². The van der Waals surface area contributed by atoms with Gasteiger partial charge in [-0.25, -0.2) is 0 Å². The van der Waals surface area contributed by atoms with Crippen molar-refractivity contribution in [3.8, 4) is 0 Å². The number of nitrogens with one attached hydrogen (secondary N) is 2. The molecule has 8 heteroatoms. The minimum absolute atomic E-state index is 0.139. The van der Waals surface area contributed by atoms with Crippen LogP contribution in [-0.4, -0.2) is 15.1 Å². The third-order valence-corrected chi connectivity index (χ3v) is 3.22. The summed E-state index contributed by atoms with van der Waals surface area (Å²) < 4.78 is 0. The van der Waals surface area contributed by atoms with E-state index in [-0.39, 0.29) is 15.7 Å². The predicted octanol–water partition coefficient (Wildman–Crippen LogP) is 3.55. The molecule has 2 N–H and O–H groups in total. The largest absolute Gasteiger partial charge is 0.378 e. The van der Waals surface area contributed by atoms with Crippen molar-refractivity contribution in [2.24, 2.45) is 0 Å². The van der Waals surface area contributed by atoms with E-state index in [4.69, 9.17) is 23.2 Å². The SMILES string of the molecule is Cc1[nH]ncc1CNc1c(Cl)cc([N+](=O)[O-])cc1Cl. The first-order valence-corrected chi connectivity index (χ1v) is 6.10. The maximum Gasteiger partial charge on any atom is 0.272 e. The first kappa shape index (κ1) is 13.6. The lowest BCUT2D eigenvalue weighted by Gasteiger charge is -2.09. The van der Waals surface area contributed by atoms with Crippen LogP contribution in [0.25, 0.3) is 0 Å². The van der Waals surface area contributed by atoms with E-state index in [0.717, 1.165) is 11.3 Å². The number of hydrogen-bond donors (Lipinski definition) is 2. The van der Waals surface area contributed by atoms with Crippen molar-refractivity contribution in [2.45, 2.75) is 13.5 Å². The standard InChI is InChI=1S/C11H10Cl2N4O2/c1-6-7(5-15-16-6)4-14-11-9(12)2-8(17(18)19)3-10(11)13/h2-3,5,14H,4H2,1H3,(H,15,16). The molecule has 0 spiro atoms. The molecule has 0 saturated carbocycles. The molecule has 100 valence electrons. The van der Waals surface area contributed by atoms with E-state index in [1.165, 1.54) is 12.1 Å². The number of benzene rings is 1. The second kappa shape index (κ2) is 5.46. The van der Waals surface area contributed by atoms with Gasteiger partial charge < -0.3 is 5.32 Å². The van der Waals surface area contributed by atoms with Crippen LogP contribution in [0.3, 0.4) is 0 Å². The van der Waals surface area contributed by atoms with Crippen molar-refractivity contribution >= 4 is 34.6 Å². The Hall–Kier alpha value is -1.79. The number of nitro benzene ring substituents is 1. The third kappa shape index (κ3) is 2.97. The summed E-state index contributed by atoms with van der Waals surface area (Å²) in [5, 5.41) is 20.8. The van der Waals surface area contributed by atoms with Crippen LogP contribution >= 0.6 is 23.2 Å². The Bertz CT molecular complexity index is 604. The Morgan fingerprint density at radius 2 is 2.05 bits per heavy atom. The maximum atomic E-state index is 10.7. The molecule has 0 saturated heterocycles. The number of non-ortho nitro benzene ring substituents is 1. The van der Waals surface area contributed by atoms with Crippen LogP contribution in [0.5, 0.6) is 0 Å². The molecular formula is C11H10Cl2N4O2. The Labute approximate surface area is 118 Å². The van der Waals surface area contributed by atoms with Crippen LogP contribution in [0, 0.1) is 17.0 Å². The fraction of sp³-hybridized carbons (Fsp3) is 0.182. The summed E-state index contributed by atoms with van der Waals surface area (Å²) >= 11 is 12.0. The van der Waals surface area contributed by atoms with Crippen LogP contribution in [0.15, 0.2) is 18.3 Å². The van der Waals surface area contributed by atoms with Crippen molar-refractivity contribution < 1.29 is 4.92 Å². The van der Waals surface area contributed by atoms with Gasteiger partial charge in [0.15, 0.2) is 0 Å². The molecule has 0 unspecified atom stereocenters. The predicted molar refractivity (Wildman–Crippen MR) is 73.8 cm³/mol. The lowest BCUT2D eigenvalue weighted by atomic mass is 10.2. The van der Waals surface area contributed by atoms with E-state index < -0.39 is 4.92 Å². The second-order valence-corrected chi connectivity index (χ2v) is 4.73. The van der Waals surface area contributed by atoms with Gasteiger partial charge in [-0.05, 0) is 6.92 Å². The van der Waals surface area contributed by atoms with Gasteiger partial charge in [0.05, 0.1) is 26.9 Å². The number of hydrogen-bond acceptors (Lipinski definition) is 4. The zero-order valence-corrected chi connectivity index (χ0v) is 11.4. The molecule has 0 aliphatic heterocycles.